The monoisotopic (exact) mass is 270 g/mol. The third kappa shape index (κ3) is 2.74. The maximum absolute atomic E-state index is 13.7. The van der Waals surface area contributed by atoms with E-state index in [1.807, 2.05) is 19.2 Å². The first kappa shape index (κ1) is 13.3. The van der Waals surface area contributed by atoms with E-state index in [-0.39, 0.29) is 5.82 Å². The Bertz CT molecular complexity index is 610. The fourth-order valence-corrected chi connectivity index (χ4v) is 2.81. The number of fused-ring (bicyclic) bond motifs is 1. The van der Waals surface area contributed by atoms with Gasteiger partial charge in [0.2, 0.25) is 0 Å². The van der Waals surface area contributed by atoms with Crippen LogP contribution in [0.4, 0.5) is 4.39 Å². The highest BCUT2D eigenvalue weighted by Gasteiger charge is 2.19. The summed E-state index contributed by atoms with van der Waals surface area (Å²) in [6.07, 6.45) is 0. The summed E-state index contributed by atoms with van der Waals surface area (Å²) < 4.78 is 13.7. The summed E-state index contributed by atoms with van der Waals surface area (Å²) in [5.41, 5.74) is 4.81. The van der Waals surface area contributed by atoms with Crippen molar-refractivity contribution in [2.45, 2.75) is 26.2 Å². The molecule has 0 fully saturated rings. The summed E-state index contributed by atoms with van der Waals surface area (Å²) in [6, 6.07) is 13.7. The van der Waals surface area contributed by atoms with Gasteiger partial charge in [0, 0.05) is 31.7 Å². The third-order valence-corrected chi connectivity index (χ3v) is 3.79. The standard InChI is InChI=1S/C17H19FN2/c1-19-9-13-6-7-14-10-20(12-16(14)8-13)11-15-4-2-3-5-17(15)18/h2-8,19H,9-12H2,1H3. The maximum atomic E-state index is 13.7. The van der Waals surface area contributed by atoms with Crippen LogP contribution in [0.15, 0.2) is 42.5 Å². The Morgan fingerprint density at radius 3 is 2.70 bits per heavy atom. The van der Waals surface area contributed by atoms with Crippen molar-refractivity contribution in [2.75, 3.05) is 7.05 Å². The molecule has 0 unspecified atom stereocenters. The van der Waals surface area contributed by atoms with Crippen molar-refractivity contribution in [1.29, 1.82) is 0 Å². The van der Waals surface area contributed by atoms with Crippen LogP contribution in [0.25, 0.3) is 0 Å². The highest BCUT2D eigenvalue weighted by molar-refractivity contribution is 5.35. The first-order valence-corrected chi connectivity index (χ1v) is 6.97. The van der Waals surface area contributed by atoms with E-state index in [9.17, 15) is 4.39 Å². The number of halogens is 1. The lowest BCUT2D eigenvalue weighted by Crippen LogP contribution is -2.16. The van der Waals surface area contributed by atoms with Crippen LogP contribution in [0, 0.1) is 5.82 Å². The largest absolute Gasteiger partial charge is 0.316 e. The van der Waals surface area contributed by atoms with E-state index in [0.29, 0.717) is 6.54 Å². The third-order valence-electron chi connectivity index (χ3n) is 3.79. The Kier molecular flexibility index (Phi) is 3.81. The zero-order chi connectivity index (χ0) is 13.9. The molecule has 3 rings (SSSR count). The van der Waals surface area contributed by atoms with E-state index in [1.54, 1.807) is 6.07 Å². The fraction of sp³-hybridized carbons (Fsp3) is 0.294. The molecule has 0 saturated carbocycles. The highest BCUT2D eigenvalue weighted by atomic mass is 19.1. The number of hydrogen-bond acceptors (Lipinski definition) is 2. The summed E-state index contributed by atoms with van der Waals surface area (Å²) in [4.78, 5) is 2.28. The predicted molar refractivity (Wildman–Crippen MR) is 78.6 cm³/mol. The van der Waals surface area contributed by atoms with Crippen molar-refractivity contribution in [1.82, 2.24) is 10.2 Å². The molecular weight excluding hydrogens is 251 g/mol. The number of rotatable bonds is 4. The molecule has 1 N–H and O–H groups in total. The quantitative estimate of drug-likeness (QED) is 0.918. The van der Waals surface area contributed by atoms with Crippen LogP contribution in [0.2, 0.25) is 0 Å². The minimum Gasteiger partial charge on any atom is -0.316 e. The summed E-state index contributed by atoms with van der Waals surface area (Å²) in [6.45, 7) is 3.37. The number of nitrogens with zero attached hydrogens (tertiary/aromatic N) is 1. The molecule has 20 heavy (non-hydrogen) atoms. The zero-order valence-corrected chi connectivity index (χ0v) is 11.7. The molecule has 0 bridgehead atoms. The lowest BCUT2D eigenvalue weighted by atomic mass is 10.1. The second-order valence-electron chi connectivity index (χ2n) is 5.37. The molecule has 1 aliphatic rings. The van der Waals surface area contributed by atoms with Gasteiger partial charge in [0.15, 0.2) is 0 Å². The lowest BCUT2D eigenvalue weighted by Gasteiger charge is -2.15. The van der Waals surface area contributed by atoms with Crippen molar-refractivity contribution < 1.29 is 4.39 Å². The minimum absolute atomic E-state index is 0.112. The van der Waals surface area contributed by atoms with E-state index in [0.717, 1.165) is 25.2 Å². The molecule has 0 spiro atoms. The smallest absolute Gasteiger partial charge is 0.127 e. The molecule has 2 nitrogen and oxygen atoms in total. The van der Waals surface area contributed by atoms with Gasteiger partial charge in [0.1, 0.15) is 5.82 Å². The van der Waals surface area contributed by atoms with Crippen molar-refractivity contribution >= 4 is 0 Å². The van der Waals surface area contributed by atoms with Gasteiger partial charge >= 0.3 is 0 Å². The van der Waals surface area contributed by atoms with Gasteiger partial charge in [-0.3, -0.25) is 4.90 Å². The molecule has 2 aromatic carbocycles. The summed E-state index contributed by atoms with van der Waals surface area (Å²) in [5, 5.41) is 3.17. The number of nitrogens with one attached hydrogen (secondary N) is 1. The van der Waals surface area contributed by atoms with E-state index < -0.39 is 0 Å². The average Bonchev–Trinajstić information content (AvgIpc) is 2.83. The highest BCUT2D eigenvalue weighted by Crippen LogP contribution is 2.25. The maximum Gasteiger partial charge on any atom is 0.127 e. The molecule has 1 heterocycles. The van der Waals surface area contributed by atoms with E-state index in [1.165, 1.54) is 22.8 Å². The summed E-state index contributed by atoms with van der Waals surface area (Å²) in [7, 11) is 1.96. The van der Waals surface area contributed by atoms with Gasteiger partial charge in [-0.1, -0.05) is 36.4 Å². The average molecular weight is 270 g/mol. The van der Waals surface area contributed by atoms with Gasteiger partial charge < -0.3 is 5.32 Å². The van der Waals surface area contributed by atoms with E-state index in [4.69, 9.17) is 0 Å². The van der Waals surface area contributed by atoms with Crippen LogP contribution in [-0.2, 0) is 26.2 Å². The van der Waals surface area contributed by atoms with Gasteiger partial charge in [-0.25, -0.2) is 4.39 Å². The first-order chi connectivity index (χ1) is 9.76. The second-order valence-corrected chi connectivity index (χ2v) is 5.37. The normalized spacial score (nSPS) is 14.5. The number of hydrogen-bond donors (Lipinski definition) is 1. The van der Waals surface area contributed by atoms with Gasteiger partial charge in [-0.2, -0.15) is 0 Å². The Labute approximate surface area is 119 Å². The van der Waals surface area contributed by atoms with Crippen LogP contribution in [-0.4, -0.2) is 11.9 Å². The van der Waals surface area contributed by atoms with Crippen LogP contribution in [0.5, 0.6) is 0 Å². The molecule has 1 aliphatic heterocycles. The Morgan fingerprint density at radius 1 is 1.10 bits per heavy atom. The molecular formula is C17H19FN2. The van der Waals surface area contributed by atoms with E-state index in [2.05, 4.69) is 28.4 Å². The molecule has 0 atom stereocenters. The number of benzene rings is 2. The Balaban J connectivity index is 1.72. The van der Waals surface area contributed by atoms with Crippen LogP contribution < -0.4 is 5.32 Å². The Hall–Kier alpha value is -1.71. The molecule has 0 aliphatic carbocycles. The molecule has 0 radical (unpaired) electrons. The molecule has 0 saturated heterocycles. The summed E-state index contributed by atoms with van der Waals surface area (Å²) in [5.74, 6) is -0.112. The topological polar surface area (TPSA) is 15.3 Å². The van der Waals surface area contributed by atoms with Crippen molar-refractivity contribution in [3.8, 4) is 0 Å². The molecule has 104 valence electrons. The van der Waals surface area contributed by atoms with Gasteiger partial charge in [0.05, 0.1) is 0 Å². The van der Waals surface area contributed by atoms with Crippen molar-refractivity contribution in [3.63, 3.8) is 0 Å². The van der Waals surface area contributed by atoms with Crippen molar-refractivity contribution in [3.05, 3.63) is 70.5 Å². The predicted octanol–water partition coefficient (Wildman–Crippen LogP) is 3.06. The lowest BCUT2D eigenvalue weighted by molar-refractivity contribution is 0.271. The van der Waals surface area contributed by atoms with Gasteiger partial charge in [-0.05, 0) is 29.8 Å². The van der Waals surface area contributed by atoms with Crippen LogP contribution >= 0.6 is 0 Å². The van der Waals surface area contributed by atoms with Gasteiger partial charge in [0.25, 0.3) is 0 Å². The molecule has 0 amide bonds. The van der Waals surface area contributed by atoms with Gasteiger partial charge in [-0.15, -0.1) is 0 Å². The van der Waals surface area contributed by atoms with Crippen LogP contribution in [0.3, 0.4) is 0 Å². The molecule has 0 aromatic heterocycles. The molecule has 3 heteroatoms. The van der Waals surface area contributed by atoms with Crippen molar-refractivity contribution in [2.24, 2.45) is 0 Å². The molecule has 2 aromatic rings. The first-order valence-electron chi connectivity index (χ1n) is 6.97. The Morgan fingerprint density at radius 2 is 1.90 bits per heavy atom. The second kappa shape index (κ2) is 5.73. The van der Waals surface area contributed by atoms with Crippen LogP contribution in [0.1, 0.15) is 22.3 Å². The fourth-order valence-electron chi connectivity index (χ4n) is 2.81. The summed E-state index contributed by atoms with van der Waals surface area (Å²) >= 11 is 0. The van der Waals surface area contributed by atoms with E-state index >= 15 is 0 Å². The SMILES string of the molecule is CNCc1ccc2c(c1)CN(Cc1ccccc1F)C2. The minimum atomic E-state index is -0.112. The zero-order valence-electron chi connectivity index (χ0n) is 11.7.